The van der Waals surface area contributed by atoms with Gasteiger partial charge in [0.2, 0.25) is 5.91 Å². The number of aryl methyl sites for hydroxylation is 1. The molecule has 0 aromatic carbocycles. The van der Waals surface area contributed by atoms with Crippen LogP contribution in [0, 0.1) is 12.8 Å². The molecule has 1 aromatic heterocycles. The van der Waals surface area contributed by atoms with E-state index in [1.54, 1.807) is 10.9 Å². The molecule has 98 valence electrons. The Labute approximate surface area is 107 Å². The van der Waals surface area contributed by atoms with Crippen LogP contribution >= 0.6 is 0 Å². The highest BCUT2D eigenvalue weighted by Gasteiger charge is 2.34. The molecule has 3 fully saturated rings. The molecule has 4 heterocycles. The van der Waals surface area contributed by atoms with E-state index in [-0.39, 0.29) is 5.91 Å². The summed E-state index contributed by atoms with van der Waals surface area (Å²) in [5, 5.41) is 7.32. The number of nitrogens with zero attached hydrogens (tertiary/aromatic N) is 3. The molecule has 5 nitrogen and oxygen atoms in total. The number of aromatic nitrogens is 2. The van der Waals surface area contributed by atoms with E-state index < -0.39 is 0 Å². The molecule has 1 N–H and O–H groups in total. The average Bonchev–Trinajstić information content (AvgIpc) is 2.76. The van der Waals surface area contributed by atoms with Gasteiger partial charge in [0.1, 0.15) is 6.54 Å². The highest BCUT2D eigenvalue weighted by molar-refractivity contribution is 5.76. The molecular weight excluding hydrogens is 228 g/mol. The third-order valence-electron chi connectivity index (χ3n) is 4.22. The highest BCUT2D eigenvalue weighted by Crippen LogP contribution is 2.27. The molecule has 3 aliphatic heterocycles. The molecule has 0 aliphatic carbocycles. The minimum atomic E-state index is 0.0838. The van der Waals surface area contributed by atoms with Crippen LogP contribution in [0.1, 0.15) is 18.5 Å². The van der Waals surface area contributed by atoms with Gasteiger partial charge in [-0.15, -0.1) is 0 Å². The molecule has 18 heavy (non-hydrogen) atoms. The number of hydrogen-bond donors (Lipinski definition) is 1. The lowest BCUT2D eigenvalue weighted by Gasteiger charge is -2.44. The fourth-order valence-electron chi connectivity index (χ4n) is 3.08. The van der Waals surface area contributed by atoms with Gasteiger partial charge in [-0.3, -0.25) is 9.48 Å². The summed E-state index contributed by atoms with van der Waals surface area (Å²) in [6, 6.07) is 2.26. The number of rotatable bonds is 3. The van der Waals surface area contributed by atoms with E-state index in [1.807, 2.05) is 13.0 Å². The smallest absolute Gasteiger partial charge is 0.242 e. The van der Waals surface area contributed by atoms with Gasteiger partial charge in [-0.25, -0.2) is 0 Å². The summed E-state index contributed by atoms with van der Waals surface area (Å²) < 4.78 is 1.75. The highest BCUT2D eigenvalue weighted by atomic mass is 16.2. The van der Waals surface area contributed by atoms with E-state index in [9.17, 15) is 4.79 Å². The second-order valence-electron chi connectivity index (χ2n) is 5.44. The monoisotopic (exact) mass is 248 g/mol. The molecule has 1 atom stereocenters. The molecular formula is C13H20N4O. The van der Waals surface area contributed by atoms with Crippen LogP contribution in [0.25, 0.3) is 0 Å². The predicted molar refractivity (Wildman–Crippen MR) is 68.1 cm³/mol. The predicted octanol–water partition coefficient (Wildman–Crippen LogP) is 0.402. The van der Waals surface area contributed by atoms with Crippen molar-refractivity contribution in [1.82, 2.24) is 20.0 Å². The van der Waals surface area contributed by atoms with E-state index in [0.29, 0.717) is 18.5 Å². The molecule has 1 unspecified atom stereocenters. The normalized spacial score (nSPS) is 30.4. The summed E-state index contributed by atoms with van der Waals surface area (Å²) in [4.78, 5) is 14.5. The molecule has 0 saturated carbocycles. The van der Waals surface area contributed by atoms with Crippen molar-refractivity contribution in [2.75, 3.05) is 19.6 Å². The topological polar surface area (TPSA) is 50.2 Å². The SMILES string of the molecule is Cc1ccnn1CC(=O)NC1CN2CCC1CC2. The van der Waals surface area contributed by atoms with E-state index in [2.05, 4.69) is 15.3 Å². The first-order valence-corrected chi connectivity index (χ1v) is 6.72. The Morgan fingerprint density at radius 3 is 2.83 bits per heavy atom. The Morgan fingerprint density at radius 2 is 2.28 bits per heavy atom. The van der Waals surface area contributed by atoms with Crippen LogP contribution in [-0.4, -0.2) is 46.3 Å². The first-order chi connectivity index (χ1) is 8.72. The standard InChI is InChI=1S/C13H20N4O/c1-10-2-5-14-17(10)9-13(18)15-12-8-16-6-3-11(12)4-7-16/h2,5,11-12H,3-4,6-9H2,1H3,(H,15,18). The number of hydrogen-bond acceptors (Lipinski definition) is 3. The number of piperidine rings is 3. The number of amides is 1. The summed E-state index contributed by atoms with van der Waals surface area (Å²) in [5.74, 6) is 0.762. The van der Waals surface area contributed by atoms with Gasteiger partial charge in [0.15, 0.2) is 0 Å². The molecule has 1 aromatic rings. The Hall–Kier alpha value is -1.36. The Balaban J connectivity index is 1.57. The maximum atomic E-state index is 12.0. The number of carbonyl (C=O) groups excluding carboxylic acids is 1. The lowest BCUT2D eigenvalue weighted by molar-refractivity contribution is -0.124. The second-order valence-corrected chi connectivity index (χ2v) is 5.44. The number of carbonyl (C=O) groups is 1. The lowest BCUT2D eigenvalue weighted by Crippen LogP contribution is -2.57. The zero-order valence-corrected chi connectivity index (χ0v) is 10.8. The molecule has 2 bridgehead atoms. The second kappa shape index (κ2) is 4.72. The van der Waals surface area contributed by atoms with Crippen LogP contribution in [0.5, 0.6) is 0 Å². The molecule has 0 spiro atoms. The first-order valence-electron chi connectivity index (χ1n) is 6.72. The molecule has 3 saturated heterocycles. The lowest BCUT2D eigenvalue weighted by atomic mass is 9.84. The van der Waals surface area contributed by atoms with Crippen LogP contribution in [-0.2, 0) is 11.3 Å². The van der Waals surface area contributed by atoms with Crippen LogP contribution in [0.15, 0.2) is 12.3 Å². The summed E-state index contributed by atoms with van der Waals surface area (Å²) in [6.45, 7) is 5.73. The van der Waals surface area contributed by atoms with Crippen molar-refractivity contribution in [3.63, 3.8) is 0 Å². The maximum absolute atomic E-state index is 12.0. The third-order valence-corrected chi connectivity index (χ3v) is 4.22. The fourth-order valence-corrected chi connectivity index (χ4v) is 3.08. The van der Waals surface area contributed by atoms with Gasteiger partial charge < -0.3 is 10.2 Å². The van der Waals surface area contributed by atoms with Gasteiger partial charge in [-0.2, -0.15) is 5.10 Å². The molecule has 3 aliphatic rings. The zero-order chi connectivity index (χ0) is 12.5. The Kier molecular flexibility index (Phi) is 3.07. The quantitative estimate of drug-likeness (QED) is 0.842. The minimum Gasteiger partial charge on any atom is -0.350 e. The van der Waals surface area contributed by atoms with E-state index in [0.717, 1.165) is 12.2 Å². The van der Waals surface area contributed by atoms with Crippen LogP contribution in [0.4, 0.5) is 0 Å². The van der Waals surface area contributed by atoms with E-state index >= 15 is 0 Å². The van der Waals surface area contributed by atoms with Crippen molar-refractivity contribution in [1.29, 1.82) is 0 Å². The van der Waals surface area contributed by atoms with Crippen LogP contribution in [0.2, 0.25) is 0 Å². The van der Waals surface area contributed by atoms with Crippen molar-refractivity contribution in [3.8, 4) is 0 Å². The van der Waals surface area contributed by atoms with Gasteiger partial charge in [-0.1, -0.05) is 0 Å². The Bertz CT molecular complexity index is 434. The minimum absolute atomic E-state index is 0.0838. The van der Waals surface area contributed by atoms with Gasteiger partial charge in [0, 0.05) is 24.5 Å². The van der Waals surface area contributed by atoms with Gasteiger partial charge >= 0.3 is 0 Å². The van der Waals surface area contributed by atoms with Gasteiger partial charge in [0.25, 0.3) is 0 Å². The third kappa shape index (κ3) is 2.27. The number of fused-ring (bicyclic) bond motifs is 3. The van der Waals surface area contributed by atoms with Crippen molar-refractivity contribution in [3.05, 3.63) is 18.0 Å². The van der Waals surface area contributed by atoms with Gasteiger partial charge in [-0.05, 0) is 44.8 Å². The van der Waals surface area contributed by atoms with E-state index in [4.69, 9.17) is 0 Å². The summed E-state index contributed by atoms with van der Waals surface area (Å²) in [6.07, 6.45) is 4.19. The maximum Gasteiger partial charge on any atom is 0.242 e. The number of nitrogens with one attached hydrogen (secondary N) is 1. The van der Waals surface area contributed by atoms with Crippen molar-refractivity contribution in [2.24, 2.45) is 5.92 Å². The largest absolute Gasteiger partial charge is 0.350 e. The molecule has 4 rings (SSSR count). The van der Waals surface area contributed by atoms with Crippen molar-refractivity contribution < 1.29 is 4.79 Å². The van der Waals surface area contributed by atoms with Crippen LogP contribution < -0.4 is 5.32 Å². The fraction of sp³-hybridized carbons (Fsp3) is 0.692. The Morgan fingerprint density at radius 1 is 1.50 bits per heavy atom. The summed E-state index contributed by atoms with van der Waals surface area (Å²) in [5.41, 5.74) is 1.03. The zero-order valence-electron chi connectivity index (χ0n) is 10.8. The molecule has 5 heteroatoms. The summed E-state index contributed by atoms with van der Waals surface area (Å²) in [7, 11) is 0. The van der Waals surface area contributed by atoms with Crippen LogP contribution in [0.3, 0.4) is 0 Å². The van der Waals surface area contributed by atoms with Crippen molar-refractivity contribution >= 4 is 5.91 Å². The molecule has 0 radical (unpaired) electrons. The van der Waals surface area contributed by atoms with Gasteiger partial charge in [0.05, 0.1) is 0 Å². The average molecular weight is 248 g/mol. The summed E-state index contributed by atoms with van der Waals surface area (Å²) >= 11 is 0. The molecule has 1 amide bonds. The van der Waals surface area contributed by atoms with Crippen molar-refractivity contribution in [2.45, 2.75) is 32.4 Å². The first kappa shape index (κ1) is 11.7. The van der Waals surface area contributed by atoms with E-state index in [1.165, 1.54) is 25.9 Å².